The van der Waals surface area contributed by atoms with Crippen LogP contribution < -0.4 is 14.8 Å². The molecule has 6 nitrogen and oxygen atoms in total. The average Bonchev–Trinajstić information content (AvgIpc) is 3.04. The summed E-state index contributed by atoms with van der Waals surface area (Å²) in [4.78, 5) is 16.4. The normalized spacial score (nSPS) is 10.9. The summed E-state index contributed by atoms with van der Waals surface area (Å²) in [6.07, 6.45) is 2.11. The van der Waals surface area contributed by atoms with E-state index >= 15 is 0 Å². The van der Waals surface area contributed by atoms with Gasteiger partial charge in [-0.2, -0.15) is 5.26 Å². The van der Waals surface area contributed by atoms with Gasteiger partial charge in [0.25, 0.3) is 5.91 Å². The molecule has 0 radical (unpaired) electrons. The van der Waals surface area contributed by atoms with Gasteiger partial charge in [-0.25, -0.2) is 4.98 Å². The highest BCUT2D eigenvalue weighted by Gasteiger charge is 2.10. The zero-order valence-electron chi connectivity index (χ0n) is 14.3. The quantitative estimate of drug-likeness (QED) is 0.608. The highest BCUT2D eigenvalue weighted by Crippen LogP contribution is 2.27. The Morgan fingerprint density at radius 2 is 2.12 bits per heavy atom. The molecule has 0 aliphatic carbocycles. The van der Waals surface area contributed by atoms with Crippen LogP contribution in [-0.4, -0.2) is 31.7 Å². The first kappa shape index (κ1) is 18.5. The van der Waals surface area contributed by atoms with Crippen molar-refractivity contribution in [1.82, 2.24) is 10.3 Å². The Morgan fingerprint density at radius 3 is 2.72 bits per heavy atom. The van der Waals surface area contributed by atoms with Gasteiger partial charge in [-0.15, -0.1) is 11.3 Å². The molecule has 1 aromatic carbocycles. The average molecular weight is 357 g/mol. The Morgan fingerprint density at radius 1 is 1.36 bits per heavy atom. The fraction of sp³-hybridized carbons (Fsp3) is 0.278. The molecule has 0 spiro atoms. The lowest BCUT2D eigenvalue weighted by molar-refractivity contribution is -0.117. The molecular formula is C18H19N3O3S. The molecule has 130 valence electrons. The third kappa shape index (κ3) is 5.06. The number of benzene rings is 1. The van der Waals surface area contributed by atoms with Crippen molar-refractivity contribution in [3.8, 4) is 17.6 Å². The van der Waals surface area contributed by atoms with Gasteiger partial charge in [0.2, 0.25) is 0 Å². The fourth-order valence-electron chi connectivity index (χ4n) is 2.19. The molecule has 2 aromatic rings. The molecule has 0 unspecified atom stereocenters. The number of nitrogens with one attached hydrogen (secondary N) is 1. The van der Waals surface area contributed by atoms with E-state index in [-0.39, 0.29) is 5.57 Å². The van der Waals surface area contributed by atoms with Crippen LogP contribution in [0.5, 0.6) is 11.5 Å². The third-order valence-electron chi connectivity index (χ3n) is 3.44. The molecule has 2 rings (SSSR count). The second-order valence-electron chi connectivity index (χ2n) is 5.16. The van der Waals surface area contributed by atoms with Gasteiger partial charge >= 0.3 is 0 Å². The highest BCUT2D eigenvalue weighted by molar-refractivity contribution is 7.09. The zero-order valence-corrected chi connectivity index (χ0v) is 15.1. The molecule has 0 aliphatic heterocycles. The van der Waals surface area contributed by atoms with E-state index in [9.17, 15) is 10.1 Å². The minimum absolute atomic E-state index is 0.0395. The number of nitriles is 1. The largest absolute Gasteiger partial charge is 0.493 e. The van der Waals surface area contributed by atoms with Crippen molar-refractivity contribution in [2.75, 3.05) is 20.8 Å². The van der Waals surface area contributed by atoms with E-state index in [0.29, 0.717) is 30.2 Å². The monoisotopic (exact) mass is 357 g/mol. The topological polar surface area (TPSA) is 84.2 Å². The summed E-state index contributed by atoms with van der Waals surface area (Å²) in [6, 6.07) is 7.51. The van der Waals surface area contributed by atoms with E-state index in [1.165, 1.54) is 17.4 Å². The summed E-state index contributed by atoms with van der Waals surface area (Å²) in [7, 11) is 3.16. The molecule has 0 fully saturated rings. The van der Waals surface area contributed by atoms with Gasteiger partial charge in [0, 0.05) is 11.9 Å². The van der Waals surface area contributed by atoms with Crippen LogP contribution in [0.3, 0.4) is 0 Å². The summed E-state index contributed by atoms with van der Waals surface area (Å²) in [5.74, 6) is 0.889. The van der Waals surface area contributed by atoms with E-state index in [4.69, 9.17) is 9.47 Å². The van der Waals surface area contributed by atoms with E-state index < -0.39 is 5.91 Å². The van der Waals surface area contributed by atoms with Crippen molar-refractivity contribution < 1.29 is 14.3 Å². The van der Waals surface area contributed by atoms with E-state index in [1.54, 1.807) is 14.2 Å². The third-order valence-corrected chi connectivity index (χ3v) is 4.23. The van der Waals surface area contributed by atoms with Crippen molar-refractivity contribution in [3.05, 3.63) is 45.4 Å². The predicted molar refractivity (Wildman–Crippen MR) is 96.7 cm³/mol. The van der Waals surface area contributed by atoms with E-state index in [2.05, 4.69) is 10.3 Å². The maximum atomic E-state index is 12.1. The van der Waals surface area contributed by atoms with Gasteiger partial charge in [-0.1, -0.05) is 6.07 Å². The maximum absolute atomic E-state index is 12.1. The van der Waals surface area contributed by atoms with Gasteiger partial charge in [-0.05, 0) is 37.1 Å². The van der Waals surface area contributed by atoms with Crippen LogP contribution in [0.25, 0.3) is 6.08 Å². The highest BCUT2D eigenvalue weighted by atomic mass is 32.1. The SMILES string of the molecule is COc1ccc(CCNC(=O)/C(C#N)=C/c2csc(C)n2)cc1OC. The number of aryl methyl sites for hydroxylation is 1. The standard InChI is InChI=1S/C18H19N3O3S/c1-12-21-15(11-25-12)9-14(10-19)18(22)20-7-6-13-4-5-16(23-2)17(8-13)24-3/h4-5,8-9,11H,6-7H2,1-3H3,(H,20,22)/b14-9+. The van der Waals surface area contributed by atoms with Crippen LogP contribution in [-0.2, 0) is 11.2 Å². The predicted octanol–water partition coefficient (Wildman–Crippen LogP) is 2.73. The van der Waals surface area contributed by atoms with Gasteiger partial charge in [0.05, 0.1) is 24.9 Å². The number of rotatable bonds is 7. The number of hydrogen-bond acceptors (Lipinski definition) is 6. The Bertz CT molecular complexity index is 821. The number of ether oxygens (including phenoxy) is 2. The van der Waals surface area contributed by atoms with Gasteiger partial charge < -0.3 is 14.8 Å². The second-order valence-corrected chi connectivity index (χ2v) is 6.22. The molecule has 0 aliphatic rings. The van der Waals surface area contributed by atoms with E-state index in [1.807, 2.05) is 36.6 Å². The first-order chi connectivity index (χ1) is 12.1. The van der Waals surface area contributed by atoms with Crippen LogP contribution in [0.2, 0.25) is 0 Å². The lowest BCUT2D eigenvalue weighted by Gasteiger charge is -2.10. The van der Waals surface area contributed by atoms with Crippen LogP contribution in [0.15, 0.2) is 29.2 Å². The number of amides is 1. The van der Waals surface area contributed by atoms with Crippen LogP contribution in [0.1, 0.15) is 16.3 Å². The van der Waals surface area contributed by atoms with Gasteiger partial charge in [0.1, 0.15) is 11.6 Å². The Balaban J connectivity index is 1.95. The maximum Gasteiger partial charge on any atom is 0.262 e. The summed E-state index contributed by atoms with van der Waals surface area (Å²) >= 11 is 1.47. The molecule has 1 heterocycles. The summed E-state index contributed by atoms with van der Waals surface area (Å²) in [5, 5.41) is 14.6. The van der Waals surface area contributed by atoms with Crippen LogP contribution >= 0.6 is 11.3 Å². The first-order valence-electron chi connectivity index (χ1n) is 7.60. The van der Waals surface area contributed by atoms with Gasteiger partial charge in [0.15, 0.2) is 11.5 Å². The zero-order chi connectivity index (χ0) is 18.2. The molecule has 0 atom stereocenters. The number of nitrogens with zero attached hydrogens (tertiary/aromatic N) is 2. The van der Waals surface area contributed by atoms with Crippen LogP contribution in [0, 0.1) is 18.3 Å². The van der Waals surface area contributed by atoms with Crippen molar-refractivity contribution in [2.45, 2.75) is 13.3 Å². The number of aromatic nitrogens is 1. The molecule has 7 heteroatoms. The lowest BCUT2D eigenvalue weighted by Crippen LogP contribution is -2.26. The Kier molecular flexibility index (Phi) is 6.54. The molecule has 1 N–H and O–H groups in total. The number of hydrogen-bond donors (Lipinski definition) is 1. The Hall–Kier alpha value is -2.85. The van der Waals surface area contributed by atoms with Crippen molar-refractivity contribution >= 4 is 23.3 Å². The van der Waals surface area contributed by atoms with Crippen molar-refractivity contribution in [3.63, 3.8) is 0 Å². The van der Waals surface area contributed by atoms with Gasteiger partial charge in [-0.3, -0.25) is 4.79 Å². The van der Waals surface area contributed by atoms with E-state index in [0.717, 1.165) is 10.6 Å². The van der Waals surface area contributed by atoms with Crippen molar-refractivity contribution in [2.24, 2.45) is 0 Å². The molecule has 0 bridgehead atoms. The summed E-state index contributed by atoms with van der Waals surface area (Å²) in [6.45, 7) is 2.28. The summed E-state index contributed by atoms with van der Waals surface area (Å²) in [5.41, 5.74) is 1.65. The number of thiazole rings is 1. The minimum atomic E-state index is -0.409. The smallest absolute Gasteiger partial charge is 0.262 e. The molecular weight excluding hydrogens is 338 g/mol. The fourth-order valence-corrected chi connectivity index (χ4v) is 2.76. The van der Waals surface area contributed by atoms with Crippen molar-refractivity contribution in [1.29, 1.82) is 5.26 Å². The minimum Gasteiger partial charge on any atom is -0.493 e. The van der Waals surface area contributed by atoms with Crippen LogP contribution in [0.4, 0.5) is 0 Å². The Labute approximate surface area is 150 Å². The molecule has 0 saturated heterocycles. The molecule has 0 saturated carbocycles. The summed E-state index contributed by atoms with van der Waals surface area (Å²) < 4.78 is 10.5. The molecule has 1 aromatic heterocycles. The lowest BCUT2D eigenvalue weighted by atomic mass is 10.1. The molecule has 25 heavy (non-hydrogen) atoms. The first-order valence-corrected chi connectivity index (χ1v) is 8.48. The second kappa shape index (κ2) is 8.85. The number of carbonyl (C=O) groups excluding carboxylic acids is 1. The molecule has 1 amide bonds. The number of carbonyl (C=O) groups is 1. The number of methoxy groups -OCH3 is 2.